The molecule has 4 rings (SSSR count). The quantitative estimate of drug-likeness (QED) is 0.725. The maximum atomic E-state index is 12.8. The molecule has 2 amide bonds. The fraction of sp³-hybridized carbons (Fsp3) is 0.250. The molecule has 3 heterocycles. The molecule has 0 radical (unpaired) electrons. The Morgan fingerprint density at radius 2 is 1.97 bits per heavy atom. The zero-order chi connectivity index (χ0) is 20.2. The van der Waals surface area contributed by atoms with Gasteiger partial charge in [0.2, 0.25) is 0 Å². The normalized spacial score (nSPS) is 13.9. The fourth-order valence-electron chi connectivity index (χ4n) is 3.08. The van der Waals surface area contributed by atoms with Crippen LogP contribution in [0.15, 0.2) is 49.2 Å². The van der Waals surface area contributed by atoms with Gasteiger partial charge in [0.1, 0.15) is 12.7 Å². The van der Waals surface area contributed by atoms with Gasteiger partial charge in [0.25, 0.3) is 11.8 Å². The number of anilines is 1. The Hall–Kier alpha value is -3.59. The van der Waals surface area contributed by atoms with Crippen LogP contribution in [0.5, 0.6) is 0 Å². The van der Waals surface area contributed by atoms with E-state index in [9.17, 15) is 9.59 Å². The van der Waals surface area contributed by atoms with E-state index in [4.69, 9.17) is 4.74 Å². The molecule has 0 atom stereocenters. The van der Waals surface area contributed by atoms with E-state index in [-0.39, 0.29) is 11.8 Å². The van der Waals surface area contributed by atoms with Crippen LogP contribution in [0.1, 0.15) is 26.3 Å². The molecule has 0 spiro atoms. The first-order valence-corrected chi connectivity index (χ1v) is 9.22. The Morgan fingerprint density at radius 1 is 1.14 bits per heavy atom. The number of hydrogen-bond donors (Lipinski definition) is 1. The van der Waals surface area contributed by atoms with Crippen LogP contribution in [-0.2, 0) is 4.74 Å². The second-order valence-corrected chi connectivity index (χ2v) is 6.63. The van der Waals surface area contributed by atoms with Crippen LogP contribution in [-0.4, -0.2) is 62.8 Å². The van der Waals surface area contributed by atoms with Gasteiger partial charge < -0.3 is 15.0 Å². The standard InChI is InChI=1S/C20H20N6O3/c1-14-2-3-16(11-17(14)20(28)25-6-8-29-9-7-25)24-19(27)15-4-5-22-18(10-15)26-13-21-12-23-26/h2-5,10-13H,6-9H2,1H3,(H,24,27). The lowest BCUT2D eigenvalue weighted by molar-refractivity contribution is 0.0302. The summed E-state index contributed by atoms with van der Waals surface area (Å²) in [6.07, 6.45) is 4.44. The van der Waals surface area contributed by atoms with Crippen LogP contribution < -0.4 is 5.32 Å². The predicted molar refractivity (Wildman–Crippen MR) is 105 cm³/mol. The minimum Gasteiger partial charge on any atom is -0.378 e. The molecule has 1 saturated heterocycles. The van der Waals surface area contributed by atoms with Crippen molar-refractivity contribution < 1.29 is 14.3 Å². The van der Waals surface area contributed by atoms with E-state index in [1.807, 2.05) is 13.0 Å². The number of amides is 2. The van der Waals surface area contributed by atoms with Crippen LogP contribution in [0.2, 0.25) is 0 Å². The molecule has 0 unspecified atom stereocenters. The number of pyridine rings is 1. The summed E-state index contributed by atoms with van der Waals surface area (Å²) in [5.41, 5.74) is 2.41. The molecule has 29 heavy (non-hydrogen) atoms. The molecule has 148 valence electrons. The van der Waals surface area contributed by atoms with Crippen LogP contribution >= 0.6 is 0 Å². The maximum Gasteiger partial charge on any atom is 0.255 e. The van der Waals surface area contributed by atoms with E-state index in [2.05, 4.69) is 20.4 Å². The number of carbonyl (C=O) groups excluding carboxylic acids is 2. The first-order valence-electron chi connectivity index (χ1n) is 9.22. The van der Waals surface area contributed by atoms with Gasteiger partial charge in [-0.2, -0.15) is 5.10 Å². The number of rotatable bonds is 4. The minimum atomic E-state index is -0.303. The highest BCUT2D eigenvalue weighted by Gasteiger charge is 2.20. The number of nitrogens with one attached hydrogen (secondary N) is 1. The molecular weight excluding hydrogens is 372 g/mol. The zero-order valence-electron chi connectivity index (χ0n) is 15.9. The molecule has 2 aromatic heterocycles. The van der Waals surface area contributed by atoms with Crippen LogP contribution in [0, 0.1) is 6.92 Å². The van der Waals surface area contributed by atoms with Crippen molar-refractivity contribution in [3.63, 3.8) is 0 Å². The smallest absolute Gasteiger partial charge is 0.255 e. The summed E-state index contributed by atoms with van der Waals surface area (Å²) >= 11 is 0. The Kier molecular flexibility index (Phi) is 5.30. The van der Waals surface area contributed by atoms with Crippen LogP contribution in [0.25, 0.3) is 5.82 Å². The summed E-state index contributed by atoms with van der Waals surface area (Å²) in [4.78, 5) is 35.4. The number of hydrogen-bond acceptors (Lipinski definition) is 6. The summed E-state index contributed by atoms with van der Waals surface area (Å²) in [5.74, 6) is 0.129. The third kappa shape index (κ3) is 4.14. The lowest BCUT2D eigenvalue weighted by Crippen LogP contribution is -2.41. The van der Waals surface area contributed by atoms with E-state index < -0.39 is 0 Å². The van der Waals surface area contributed by atoms with E-state index in [1.165, 1.54) is 23.5 Å². The Morgan fingerprint density at radius 3 is 2.72 bits per heavy atom. The number of benzene rings is 1. The van der Waals surface area contributed by atoms with Gasteiger partial charge >= 0.3 is 0 Å². The van der Waals surface area contributed by atoms with Crippen molar-refractivity contribution in [3.05, 3.63) is 65.9 Å². The van der Waals surface area contributed by atoms with Crippen LogP contribution in [0.3, 0.4) is 0 Å². The molecule has 1 aliphatic rings. The van der Waals surface area contributed by atoms with Gasteiger partial charge in [0.05, 0.1) is 13.2 Å². The third-order valence-corrected chi connectivity index (χ3v) is 4.69. The van der Waals surface area contributed by atoms with Gasteiger partial charge in [-0.05, 0) is 36.8 Å². The number of ether oxygens (including phenoxy) is 1. The Labute approximate surface area is 167 Å². The molecule has 9 heteroatoms. The van der Waals surface area contributed by atoms with Crippen molar-refractivity contribution in [2.24, 2.45) is 0 Å². The third-order valence-electron chi connectivity index (χ3n) is 4.69. The largest absolute Gasteiger partial charge is 0.378 e. The summed E-state index contributed by atoms with van der Waals surface area (Å²) < 4.78 is 6.79. The molecule has 0 bridgehead atoms. The molecule has 1 fully saturated rings. The number of aromatic nitrogens is 4. The molecule has 1 aliphatic heterocycles. The highest BCUT2D eigenvalue weighted by Crippen LogP contribution is 2.19. The fourth-order valence-corrected chi connectivity index (χ4v) is 3.08. The van der Waals surface area contributed by atoms with Crippen molar-refractivity contribution in [3.8, 4) is 5.82 Å². The van der Waals surface area contributed by atoms with Crippen molar-refractivity contribution in [2.45, 2.75) is 6.92 Å². The van der Waals surface area contributed by atoms with Crippen LogP contribution in [0.4, 0.5) is 5.69 Å². The molecule has 0 aliphatic carbocycles. The van der Waals surface area contributed by atoms with Gasteiger partial charge in [0.15, 0.2) is 5.82 Å². The van der Waals surface area contributed by atoms with Gasteiger partial charge in [-0.1, -0.05) is 6.07 Å². The average Bonchev–Trinajstić information content (AvgIpc) is 3.30. The molecule has 3 aromatic rings. The van der Waals surface area contributed by atoms with Crippen molar-refractivity contribution in [1.82, 2.24) is 24.6 Å². The lowest BCUT2D eigenvalue weighted by Gasteiger charge is -2.27. The van der Waals surface area contributed by atoms with E-state index in [1.54, 1.807) is 29.2 Å². The summed E-state index contributed by atoms with van der Waals surface area (Å²) in [6.45, 7) is 4.09. The molecule has 1 aromatic carbocycles. The summed E-state index contributed by atoms with van der Waals surface area (Å²) in [5, 5.41) is 6.87. The SMILES string of the molecule is Cc1ccc(NC(=O)c2ccnc(-n3cncn3)c2)cc1C(=O)N1CCOCC1. The zero-order valence-corrected chi connectivity index (χ0v) is 15.9. The Balaban J connectivity index is 1.53. The first-order chi connectivity index (χ1) is 14.1. The number of morpholine rings is 1. The van der Waals surface area contributed by atoms with Gasteiger partial charge in [-0.3, -0.25) is 9.59 Å². The van der Waals surface area contributed by atoms with Gasteiger partial charge in [-0.15, -0.1) is 0 Å². The van der Waals surface area contributed by atoms with E-state index in [0.29, 0.717) is 48.9 Å². The second kappa shape index (κ2) is 8.19. The molecule has 1 N–H and O–H groups in total. The molecular formula is C20H20N6O3. The van der Waals surface area contributed by atoms with E-state index >= 15 is 0 Å². The van der Waals surface area contributed by atoms with Gasteiger partial charge in [-0.25, -0.2) is 14.6 Å². The summed E-state index contributed by atoms with van der Waals surface area (Å²) in [6, 6.07) is 8.56. The van der Waals surface area contributed by atoms with Gasteiger partial charge in [0, 0.05) is 36.1 Å². The number of nitrogens with zero attached hydrogens (tertiary/aromatic N) is 5. The number of carbonyl (C=O) groups is 2. The topological polar surface area (TPSA) is 102 Å². The minimum absolute atomic E-state index is 0.0562. The highest BCUT2D eigenvalue weighted by atomic mass is 16.5. The monoisotopic (exact) mass is 392 g/mol. The molecule has 0 saturated carbocycles. The lowest BCUT2D eigenvalue weighted by atomic mass is 10.1. The summed E-state index contributed by atoms with van der Waals surface area (Å²) in [7, 11) is 0. The average molecular weight is 392 g/mol. The predicted octanol–water partition coefficient (Wildman–Crippen LogP) is 1.70. The number of aryl methyl sites for hydroxylation is 1. The highest BCUT2D eigenvalue weighted by molar-refractivity contribution is 6.05. The van der Waals surface area contributed by atoms with E-state index in [0.717, 1.165) is 5.56 Å². The second-order valence-electron chi connectivity index (χ2n) is 6.63. The van der Waals surface area contributed by atoms with Crippen molar-refractivity contribution in [2.75, 3.05) is 31.6 Å². The van der Waals surface area contributed by atoms with Crippen molar-refractivity contribution in [1.29, 1.82) is 0 Å². The Bertz CT molecular complexity index is 1030. The first kappa shape index (κ1) is 18.8. The maximum absolute atomic E-state index is 12.8. The van der Waals surface area contributed by atoms with Crippen molar-refractivity contribution >= 4 is 17.5 Å². The molecule has 9 nitrogen and oxygen atoms in total.